The van der Waals surface area contributed by atoms with E-state index in [4.69, 9.17) is 11.6 Å². The van der Waals surface area contributed by atoms with Crippen LogP contribution >= 0.6 is 11.6 Å². The van der Waals surface area contributed by atoms with Crippen molar-refractivity contribution >= 4 is 28.9 Å². The van der Waals surface area contributed by atoms with Gasteiger partial charge in [-0.15, -0.1) is 0 Å². The number of halogens is 1. The number of aromatic nitrogens is 1. The van der Waals surface area contributed by atoms with Crippen molar-refractivity contribution in [2.24, 2.45) is 5.92 Å². The summed E-state index contributed by atoms with van der Waals surface area (Å²) in [6.45, 7) is 6.70. The van der Waals surface area contributed by atoms with E-state index in [1.165, 1.54) is 0 Å². The van der Waals surface area contributed by atoms with Crippen molar-refractivity contribution in [2.75, 3.05) is 11.9 Å². The Morgan fingerprint density at radius 1 is 1.23 bits per heavy atom. The van der Waals surface area contributed by atoms with Gasteiger partial charge in [-0.2, -0.15) is 0 Å². The minimum atomic E-state index is -0.119. The molecule has 2 rings (SSSR count). The highest BCUT2D eigenvalue weighted by molar-refractivity contribution is 6.31. The van der Waals surface area contributed by atoms with Crippen LogP contribution in [0.1, 0.15) is 29.8 Å². The van der Waals surface area contributed by atoms with Gasteiger partial charge in [-0.05, 0) is 36.6 Å². The lowest BCUT2D eigenvalue weighted by molar-refractivity contribution is 0.0948. The number of carbonyl (C=O) groups excluding carboxylic acids is 1. The number of amides is 1. The third kappa shape index (κ3) is 4.46. The largest absolute Gasteiger partial charge is 0.354 e. The molecule has 1 heterocycles. The van der Waals surface area contributed by atoms with Crippen LogP contribution in [0.2, 0.25) is 5.02 Å². The van der Waals surface area contributed by atoms with Gasteiger partial charge < -0.3 is 10.6 Å². The summed E-state index contributed by atoms with van der Waals surface area (Å²) in [6, 6.07) is 7.50. The van der Waals surface area contributed by atoms with Crippen LogP contribution in [0.25, 0.3) is 0 Å². The van der Waals surface area contributed by atoms with Gasteiger partial charge in [0.1, 0.15) is 0 Å². The Morgan fingerprint density at radius 2 is 2.00 bits per heavy atom. The molecule has 5 heteroatoms. The van der Waals surface area contributed by atoms with E-state index in [1.807, 2.05) is 25.1 Å². The third-order valence-electron chi connectivity index (χ3n) is 3.13. The summed E-state index contributed by atoms with van der Waals surface area (Å²) in [7, 11) is 0. The number of benzene rings is 1. The molecule has 0 radical (unpaired) electrons. The molecular formula is C17H20ClN3O. The van der Waals surface area contributed by atoms with Gasteiger partial charge in [-0.1, -0.05) is 31.5 Å². The van der Waals surface area contributed by atoms with Crippen LogP contribution in [-0.4, -0.2) is 17.4 Å². The number of rotatable bonds is 5. The Labute approximate surface area is 135 Å². The van der Waals surface area contributed by atoms with Crippen LogP contribution in [0.4, 0.5) is 11.4 Å². The van der Waals surface area contributed by atoms with Gasteiger partial charge >= 0.3 is 0 Å². The van der Waals surface area contributed by atoms with Crippen LogP contribution in [0, 0.1) is 12.8 Å². The minimum Gasteiger partial charge on any atom is -0.354 e. The molecule has 0 aliphatic carbocycles. The molecule has 116 valence electrons. The van der Waals surface area contributed by atoms with E-state index in [-0.39, 0.29) is 5.91 Å². The maximum atomic E-state index is 12.1. The van der Waals surface area contributed by atoms with E-state index in [9.17, 15) is 4.79 Å². The number of carbonyl (C=O) groups is 1. The first-order chi connectivity index (χ1) is 10.5. The van der Waals surface area contributed by atoms with Gasteiger partial charge in [-0.25, -0.2) is 0 Å². The second-order valence-corrected chi connectivity index (χ2v) is 6.06. The fraction of sp³-hybridized carbons (Fsp3) is 0.294. The monoisotopic (exact) mass is 317 g/mol. The smallest absolute Gasteiger partial charge is 0.252 e. The van der Waals surface area contributed by atoms with Crippen LogP contribution in [-0.2, 0) is 0 Å². The lowest BCUT2D eigenvalue weighted by Crippen LogP contribution is -2.27. The van der Waals surface area contributed by atoms with E-state index in [2.05, 4.69) is 29.5 Å². The van der Waals surface area contributed by atoms with Gasteiger partial charge in [-0.3, -0.25) is 9.78 Å². The quantitative estimate of drug-likeness (QED) is 0.870. The van der Waals surface area contributed by atoms with E-state index in [1.54, 1.807) is 18.5 Å². The molecule has 1 aromatic heterocycles. The van der Waals surface area contributed by atoms with Crippen molar-refractivity contribution in [3.63, 3.8) is 0 Å². The number of aryl methyl sites for hydroxylation is 1. The van der Waals surface area contributed by atoms with Crippen molar-refractivity contribution in [3.05, 3.63) is 52.8 Å². The second-order valence-electron chi connectivity index (χ2n) is 5.66. The molecule has 0 unspecified atom stereocenters. The zero-order valence-corrected chi connectivity index (χ0v) is 13.7. The van der Waals surface area contributed by atoms with E-state index < -0.39 is 0 Å². The molecule has 0 saturated heterocycles. The summed E-state index contributed by atoms with van der Waals surface area (Å²) >= 11 is 6.11. The Morgan fingerprint density at radius 3 is 2.68 bits per heavy atom. The zero-order valence-electron chi connectivity index (χ0n) is 13.0. The van der Waals surface area contributed by atoms with Crippen molar-refractivity contribution in [1.29, 1.82) is 0 Å². The van der Waals surface area contributed by atoms with Gasteiger partial charge in [0.15, 0.2) is 0 Å². The molecule has 0 atom stereocenters. The predicted molar refractivity (Wildman–Crippen MR) is 90.9 cm³/mol. The Balaban J connectivity index is 2.10. The molecule has 2 N–H and O–H groups in total. The summed E-state index contributed by atoms with van der Waals surface area (Å²) in [5, 5.41) is 6.78. The predicted octanol–water partition coefficient (Wildman–Crippen LogP) is 4.17. The maximum absolute atomic E-state index is 12.1. The summed E-state index contributed by atoms with van der Waals surface area (Å²) in [6.07, 6.45) is 3.23. The number of hydrogen-bond acceptors (Lipinski definition) is 3. The van der Waals surface area contributed by atoms with Gasteiger partial charge in [0, 0.05) is 23.5 Å². The summed E-state index contributed by atoms with van der Waals surface area (Å²) < 4.78 is 0. The molecule has 22 heavy (non-hydrogen) atoms. The molecule has 1 amide bonds. The minimum absolute atomic E-state index is 0.119. The van der Waals surface area contributed by atoms with E-state index >= 15 is 0 Å². The molecule has 0 aliphatic rings. The van der Waals surface area contributed by atoms with Gasteiger partial charge in [0.05, 0.1) is 17.4 Å². The van der Waals surface area contributed by atoms with Crippen molar-refractivity contribution in [1.82, 2.24) is 10.3 Å². The fourth-order valence-corrected chi connectivity index (χ4v) is 2.05. The lowest BCUT2D eigenvalue weighted by atomic mass is 10.2. The highest BCUT2D eigenvalue weighted by Crippen LogP contribution is 2.23. The average molecular weight is 318 g/mol. The third-order valence-corrected chi connectivity index (χ3v) is 3.54. The van der Waals surface area contributed by atoms with Crippen LogP contribution < -0.4 is 10.6 Å². The zero-order chi connectivity index (χ0) is 16.1. The molecule has 2 aromatic rings. The van der Waals surface area contributed by atoms with Crippen LogP contribution in [0.5, 0.6) is 0 Å². The Bertz CT molecular complexity index is 671. The molecule has 0 saturated carbocycles. The molecule has 0 aliphatic heterocycles. The number of anilines is 2. The molecule has 1 aromatic carbocycles. The number of nitrogens with zero attached hydrogens (tertiary/aromatic N) is 1. The van der Waals surface area contributed by atoms with Gasteiger partial charge in [0.2, 0.25) is 0 Å². The number of nitrogens with one attached hydrogen (secondary N) is 2. The second kappa shape index (κ2) is 7.27. The van der Waals surface area contributed by atoms with Crippen LogP contribution in [0.3, 0.4) is 0 Å². The standard InChI is InChI=1S/C17H20ClN3O/c1-11(2)8-20-17(22)13-6-15(10-19-9-13)21-14-5-4-12(3)16(18)7-14/h4-7,9-11,21H,8H2,1-3H3,(H,20,22). The van der Waals surface area contributed by atoms with Crippen LogP contribution in [0.15, 0.2) is 36.7 Å². The van der Waals surface area contributed by atoms with Crippen molar-refractivity contribution in [3.8, 4) is 0 Å². The molecule has 4 nitrogen and oxygen atoms in total. The summed E-state index contributed by atoms with van der Waals surface area (Å²) in [5.74, 6) is 0.291. The number of pyridine rings is 1. The topological polar surface area (TPSA) is 54.0 Å². The van der Waals surface area contributed by atoms with Crippen molar-refractivity contribution < 1.29 is 4.79 Å². The Kier molecular flexibility index (Phi) is 5.39. The normalized spacial score (nSPS) is 10.6. The Hall–Kier alpha value is -2.07. The fourth-order valence-electron chi connectivity index (χ4n) is 1.87. The van der Waals surface area contributed by atoms with E-state index in [0.29, 0.717) is 23.0 Å². The van der Waals surface area contributed by atoms with E-state index in [0.717, 1.165) is 16.9 Å². The van der Waals surface area contributed by atoms with Gasteiger partial charge in [0.25, 0.3) is 5.91 Å². The first-order valence-electron chi connectivity index (χ1n) is 7.22. The van der Waals surface area contributed by atoms with Crippen molar-refractivity contribution in [2.45, 2.75) is 20.8 Å². The summed E-state index contributed by atoms with van der Waals surface area (Å²) in [4.78, 5) is 16.2. The first-order valence-corrected chi connectivity index (χ1v) is 7.60. The number of hydrogen-bond donors (Lipinski definition) is 2. The molecule has 0 fully saturated rings. The maximum Gasteiger partial charge on any atom is 0.252 e. The lowest BCUT2D eigenvalue weighted by Gasteiger charge is -2.10. The highest BCUT2D eigenvalue weighted by atomic mass is 35.5. The molecule has 0 spiro atoms. The molecule has 0 bridgehead atoms. The SMILES string of the molecule is Cc1ccc(Nc2cncc(C(=O)NCC(C)C)c2)cc1Cl. The first kappa shape index (κ1) is 16.3. The highest BCUT2D eigenvalue weighted by Gasteiger charge is 2.08. The average Bonchev–Trinajstić information content (AvgIpc) is 2.49. The molecular weight excluding hydrogens is 298 g/mol. The summed E-state index contributed by atoms with van der Waals surface area (Å²) in [5.41, 5.74) is 3.16.